The van der Waals surface area contributed by atoms with Gasteiger partial charge in [0.05, 0.1) is 46.5 Å². The van der Waals surface area contributed by atoms with E-state index in [-0.39, 0.29) is 17.4 Å². The number of hydrogen-bond acceptors (Lipinski definition) is 9. The molecule has 1 unspecified atom stereocenters. The number of carbonyl (C=O) groups is 1. The van der Waals surface area contributed by atoms with Gasteiger partial charge in [0.2, 0.25) is 5.91 Å². The number of nitrogens with zero attached hydrogens (tertiary/aromatic N) is 5. The predicted octanol–water partition coefficient (Wildman–Crippen LogP) is 4.89. The lowest BCUT2D eigenvalue weighted by Gasteiger charge is -2.12. The third kappa shape index (κ3) is 5.53. The van der Waals surface area contributed by atoms with Gasteiger partial charge >= 0.3 is 0 Å². The number of anilines is 1. The lowest BCUT2D eigenvalue weighted by atomic mass is 10.0. The summed E-state index contributed by atoms with van der Waals surface area (Å²) in [7, 11) is -3.66. The molecule has 7 rings (SSSR count). The van der Waals surface area contributed by atoms with E-state index in [1.54, 1.807) is 24.8 Å². The molecule has 6 aromatic rings. The van der Waals surface area contributed by atoms with Gasteiger partial charge in [0.15, 0.2) is 15.7 Å². The minimum Gasteiger partial charge on any atom is -0.335 e. The second-order valence-electron chi connectivity index (χ2n) is 11.3. The minimum absolute atomic E-state index is 0.0124. The van der Waals surface area contributed by atoms with Gasteiger partial charge in [-0.1, -0.05) is 12.8 Å². The van der Waals surface area contributed by atoms with E-state index in [1.165, 1.54) is 18.3 Å². The first kappa shape index (κ1) is 28.7. The van der Waals surface area contributed by atoms with E-state index in [9.17, 15) is 17.6 Å². The molecule has 14 heteroatoms. The highest BCUT2D eigenvalue weighted by molar-refractivity contribution is 7.90. The van der Waals surface area contributed by atoms with Crippen LogP contribution in [0.3, 0.4) is 0 Å². The molecule has 1 atom stereocenters. The summed E-state index contributed by atoms with van der Waals surface area (Å²) in [4.78, 5) is 33.9. The predicted molar refractivity (Wildman–Crippen MR) is 168 cm³/mol. The Balaban J connectivity index is 1.25. The van der Waals surface area contributed by atoms with Crippen LogP contribution >= 0.6 is 0 Å². The van der Waals surface area contributed by atoms with Crippen molar-refractivity contribution < 1.29 is 17.6 Å². The number of halogens is 1. The first-order chi connectivity index (χ1) is 21.6. The molecule has 5 N–H and O–H groups in total. The maximum atomic E-state index is 14.7. The lowest BCUT2D eigenvalue weighted by Crippen LogP contribution is -2.20. The van der Waals surface area contributed by atoms with Crippen molar-refractivity contribution in [2.45, 2.75) is 31.1 Å². The Hall–Kier alpha value is -5.08. The number of sulfone groups is 1. The third-order valence-corrected chi connectivity index (χ3v) is 9.31. The van der Waals surface area contributed by atoms with Crippen molar-refractivity contribution >= 4 is 43.4 Å². The van der Waals surface area contributed by atoms with Gasteiger partial charge in [-0.25, -0.2) is 17.8 Å². The first-order valence-electron chi connectivity index (χ1n) is 14.3. The monoisotopic (exact) mass is 625 g/mol. The number of aromatic amines is 2. The summed E-state index contributed by atoms with van der Waals surface area (Å²) < 4.78 is 38.8. The molecule has 0 spiro atoms. The van der Waals surface area contributed by atoms with Crippen LogP contribution in [0.4, 0.5) is 10.1 Å². The van der Waals surface area contributed by atoms with Crippen LogP contribution in [0.2, 0.25) is 0 Å². The Morgan fingerprint density at radius 1 is 1.00 bits per heavy atom. The van der Waals surface area contributed by atoms with Gasteiger partial charge in [-0.05, 0) is 54.3 Å². The summed E-state index contributed by atoms with van der Waals surface area (Å²) in [5, 5.41) is 9.81. The summed E-state index contributed by atoms with van der Waals surface area (Å²) >= 11 is 0. The molecule has 1 aromatic carbocycles. The number of carbonyl (C=O) groups excluding carboxylic acids is 1. The molecule has 1 aliphatic carbocycles. The molecular formula is C31H28FN9O3S. The number of benzene rings is 1. The minimum atomic E-state index is -3.66. The highest BCUT2D eigenvalue weighted by Gasteiger charge is 2.24. The number of fused-ring (bicyclic) bond motifs is 2. The average Bonchev–Trinajstić information content (AvgIpc) is 3.79. The second kappa shape index (κ2) is 11.1. The highest BCUT2D eigenvalue weighted by atomic mass is 32.2. The SMILES string of the molecule is CS(=O)(=O)C(N)c1cc(F)cc(-c2cncc3[nH]c(-c4n[nH]c5cnc(-c6cncc(NC(=O)C7CCCC7)c6)cc45)nc23)c1. The molecule has 0 bridgehead atoms. The van der Waals surface area contributed by atoms with Crippen molar-refractivity contribution in [3.63, 3.8) is 0 Å². The number of nitrogens with one attached hydrogen (secondary N) is 3. The van der Waals surface area contributed by atoms with Crippen molar-refractivity contribution in [2.24, 2.45) is 11.7 Å². The van der Waals surface area contributed by atoms with Crippen LogP contribution in [-0.4, -0.2) is 55.7 Å². The average molecular weight is 626 g/mol. The molecule has 5 aromatic heterocycles. The van der Waals surface area contributed by atoms with Gasteiger partial charge in [-0.2, -0.15) is 5.10 Å². The number of H-pyrrole nitrogens is 2. The molecule has 1 aliphatic rings. The van der Waals surface area contributed by atoms with Crippen molar-refractivity contribution in [1.29, 1.82) is 0 Å². The molecule has 1 saturated carbocycles. The Kier molecular flexibility index (Phi) is 7.09. The Labute approximate surface area is 256 Å². The number of nitrogens with two attached hydrogens (primary N) is 1. The van der Waals surface area contributed by atoms with Gasteiger partial charge in [-0.15, -0.1) is 0 Å². The number of aromatic nitrogens is 7. The summed E-state index contributed by atoms with van der Waals surface area (Å²) in [6, 6.07) is 7.62. The fourth-order valence-corrected chi connectivity index (χ4v) is 6.40. The maximum absolute atomic E-state index is 14.7. The zero-order chi connectivity index (χ0) is 31.3. The largest absolute Gasteiger partial charge is 0.335 e. The number of pyridine rings is 3. The van der Waals surface area contributed by atoms with Gasteiger partial charge in [-0.3, -0.25) is 24.8 Å². The Morgan fingerprint density at radius 3 is 2.60 bits per heavy atom. The van der Waals surface area contributed by atoms with Crippen LogP contribution < -0.4 is 11.1 Å². The molecule has 5 heterocycles. The van der Waals surface area contributed by atoms with Crippen LogP contribution in [0.5, 0.6) is 0 Å². The van der Waals surface area contributed by atoms with Crippen molar-refractivity contribution in [2.75, 3.05) is 11.6 Å². The topological polar surface area (TPSA) is 185 Å². The van der Waals surface area contributed by atoms with E-state index in [2.05, 4.69) is 35.5 Å². The normalized spacial score (nSPS) is 14.7. The molecule has 0 saturated heterocycles. The molecule has 1 amide bonds. The smallest absolute Gasteiger partial charge is 0.227 e. The van der Waals surface area contributed by atoms with Gasteiger partial charge in [0, 0.05) is 41.1 Å². The maximum Gasteiger partial charge on any atom is 0.227 e. The quantitative estimate of drug-likeness (QED) is 0.192. The number of amides is 1. The van der Waals surface area contributed by atoms with E-state index in [4.69, 9.17) is 10.7 Å². The summed E-state index contributed by atoms with van der Waals surface area (Å²) in [6.45, 7) is 0. The van der Waals surface area contributed by atoms with E-state index >= 15 is 0 Å². The zero-order valence-electron chi connectivity index (χ0n) is 24.1. The fraction of sp³-hybridized carbons (Fsp3) is 0.226. The highest BCUT2D eigenvalue weighted by Crippen LogP contribution is 2.34. The number of imidazole rings is 1. The van der Waals surface area contributed by atoms with Crippen molar-refractivity contribution in [3.05, 3.63) is 72.7 Å². The lowest BCUT2D eigenvalue weighted by molar-refractivity contribution is -0.119. The summed E-state index contributed by atoms with van der Waals surface area (Å²) in [5.41, 5.74) is 11.1. The van der Waals surface area contributed by atoms with Crippen molar-refractivity contribution in [1.82, 2.24) is 35.1 Å². The summed E-state index contributed by atoms with van der Waals surface area (Å²) in [5.74, 6) is -0.158. The van der Waals surface area contributed by atoms with Crippen LogP contribution in [0.15, 0.2) is 61.3 Å². The Morgan fingerprint density at radius 2 is 1.80 bits per heavy atom. The zero-order valence-corrected chi connectivity index (χ0v) is 24.9. The van der Waals surface area contributed by atoms with Crippen LogP contribution in [0, 0.1) is 11.7 Å². The van der Waals surface area contributed by atoms with E-state index in [0.29, 0.717) is 50.6 Å². The molecule has 45 heavy (non-hydrogen) atoms. The molecule has 0 radical (unpaired) electrons. The second-order valence-corrected chi connectivity index (χ2v) is 13.5. The van der Waals surface area contributed by atoms with Gasteiger partial charge in [0.1, 0.15) is 16.9 Å². The van der Waals surface area contributed by atoms with E-state index in [0.717, 1.165) is 49.0 Å². The molecular weight excluding hydrogens is 597 g/mol. The first-order valence-corrected chi connectivity index (χ1v) is 16.3. The number of hydrogen-bond donors (Lipinski definition) is 4. The molecule has 12 nitrogen and oxygen atoms in total. The summed E-state index contributed by atoms with van der Waals surface area (Å²) in [6.07, 6.45) is 13.0. The van der Waals surface area contributed by atoms with Gasteiger partial charge < -0.3 is 16.0 Å². The van der Waals surface area contributed by atoms with E-state index in [1.807, 2.05) is 12.1 Å². The van der Waals surface area contributed by atoms with Crippen LogP contribution in [0.1, 0.15) is 36.6 Å². The van der Waals surface area contributed by atoms with Crippen molar-refractivity contribution in [3.8, 4) is 33.9 Å². The standard InChI is InChI=1S/C31H28FN9O3S/c1-45(43,44)29(33)18-6-17(7-20(32)8-18)23-13-35-14-26-27(23)39-30(38-26)28-22-10-24(36-15-25(22)40-41-28)19-9-21(12-34-11-19)37-31(42)16-4-2-3-5-16/h6-16,29H,2-5,33H2,1H3,(H,37,42)(H,38,39)(H,40,41). The molecule has 0 aliphatic heterocycles. The Bertz CT molecular complexity index is 2210. The molecule has 1 fully saturated rings. The van der Waals surface area contributed by atoms with E-state index < -0.39 is 21.0 Å². The fourth-order valence-electron chi connectivity index (χ4n) is 5.77. The van der Waals surface area contributed by atoms with Crippen LogP contribution in [0.25, 0.3) is 55.8 Å². The number of rotatable bonds is 7. The molecule has 228 valence electrons. The van der Waals surface area contributed by atoms with Gasteiger partial charge in [0.25, 0.3) is 0 Å². The third-order valence-electron chi connectivity index (χ3n) is 8.11. The van der Waals surface area contributed by atoms with Crippen LogP contribution in [-0.2, 0) is 14.6 Å².